The first kappa shape index (κ1) is 20.1. The highest BCUT2D eigenvalue weighted by Crippen LogP contribution is 2.43. The van der Waals surface area contributed by atoms with Gasteiger partial charge in [0.05, 0.1) is 26.7 Å². The summed E-state index contributed by atoms with van der Waals surface area (Å²) in [5, 5.41) is 5.68. The fourth-order valence-corrected chi connectivity index (χ4v) is 3.21. The van der Waals surface area contributed by atoms with Crippen molar-refractivity contribution in [3.63, 3.8) is 0 Å². The highest BCUT2D eigenvalue weighted by atomic mass is 35.5. The molecule has 3 nitrogen and oxygen atoms in total. The summed E-state index contributed by atoms with van der Waals surface area (Å²) in [6, 6.07) is 1.27. The Bertz CT molecular complexity index is 749. The lowest BCUT2D eigenvalue weighted by Crippen LogP contribution is -2.10. The van der Waals surface area contributed by atoms with Gasteiger partial charge in [0.2, 0.25) is 0 Å². The monoisotopic (exact) mass is 423 g/mol. The smallest absolute Gasteiger partial charge is 0.369 e. The van der Waals surface area contributed by atoms with Gasteiger partial charge in [0.1, 0.15) is 11.5 Å². The first-order chi connectivity index (χ1) is 11.4. The van der Waals surface area contributed by atoms with Crippen LogP contribution in [0.1, 0.15) is 12.5 Å². The van der Waals surface area contributed by atoms with Crippen molar-refractivity contribution >= 4 is 40.8 Å². The Hall–Kier alpha value is -1.26. The Balaban J connectivity index is 2.59. The van der Waals surface area contributed by atoms with Crippen LogP contribution >= 0.6 is 35.0 Å². The topological polar surface area (TPSA) is 29.9 Å². The van der Waals surface area contributed by atoms with Gasteiger partial charge in [-0.3, -0.25) is 0 Å². The van der Waals surface area contributed by atoms with Crippen LogP contribution in [-0.2, 0) is 6.18 Å². The van der Waals surface area contributed by atoms with Crippen molar-refractivity contribution in [3.05, 3.63) is 33.9 Å². The molecule has 0 saturated heterocycles. The van der Waals surface area contributed by atoms with Crippen LogP contribution in [-0.4, -0.2) is 21.8 Å². The molecule has 0 aliphatic heterocycles. The van der Waals surface area contributed by atoms with Gasteiger partial charge < -0.3 is 5.32 Å². The van der Waals surface area contributed by atoms with Crippen molar-refractivity contribution in [2.45, 2.75) is 23.5 Å². The van der Waals surface area contributed by atoms with Gasteiger partial charge in [0, 0.05) is 6.54 Å². The van der Waals surface area contributed by atoms with Crippen LogP contribution in [0.3, 0.4) is 0 Å². The second kappa shape index (κ2) is 7.16. The zero-order chi connectivity index (χ0) is 19.0. The van der Waals surface area contributed by atoms with Gasteiger partial charge >= 0.3 is 11.7 Å². The molecule has 1 heterocycles. The Kier molecular flexibility index (Phi) is 5.75. The number of thioether (sulfide) groups is 1. The van der Waals surface area contributed by atoms with Crippen molar-refractivity contribution in [1.82, 2.24) is 9.78 Å². The van der Waals surface area contributed by atoms with Crippen molar-refractivity contribution in [2.24, 2.45) is 0 Å². The molecule has 0 bridgehead atoms. The second-order valence-corrected chi connectivity index (χ2v) is 6.55. The molecule has 0 aliphatic rings. The molecule has 0 spiro atoms. The number of nitrogens with zero attached hydrogens (tertiary/aromatic N) is 2. The molecular weight excluding hydrogens is 415 g/mol. The summed E-state index contributed by atoms with van der Waals surface area (Å²) in [7, 11) is 0. The molecule has 25 heavy (non-hydrogen) atoms. The quantitative estimate of drug-likeness (QED) is 0.466. The molecule has 138 valence electrons. The number of alkyl halides is 6. The van der Waals surface area contributed by atoms with Crippen LogP contribution in [0.2, 0.25) is 10.0 Å². The highest BCUT2D eigenvalue weighted by Gasteiger charge is 2.34. The van der Waals surface area contributed by atoms with E-state index in [0.29, 0.717) is 12.1 Å². The number of aromatic nitrogens is 2. The summed E-state index contributed by atoms with van der Waals surface area (Å²) in [6.07, 6.45) is -3.74. The minimum absolute atomic E-state index is 0.0756. The van der Waals surface area contributed by atoms with E-state index < -0.39 is 39.1 Å². The first-order valence-electron chi connectivity index (χ1n) is 6.58. The maximum absolute atomic E-state index is 12.8. The van der Waals surface area contributed by atoms with Gasteiger partial charge in [-0.25, -0.2) is 4.68 Å². The van der Waals surface area contributed by atoms with E-state index in [1.807, 2.05) is 0 Å². The third-order valence-electron chi connectivity index (χ3n) is 2.86. The Morgan fingerprint density at radius 1 is 1.12 bits per heavy atom. The molecule has 0 unspecified atom stereocenters. The molecule has 2 rings (SSSR count). The molecule has 0 atom stereocenters. The molecule has 12 heteroatoms. The lowest BCUT2D eigenvalue weighted by atomic mass is 10.2. The molecule has 2 aromatic rings. The predicted octanol–water partition coefficient (Wildman–Crippen LogP) is 6.24. The summed E-state index contributed by atoms with van der Waals surface area (Å²) in [5.41, 5.74) is -5.79. The van der Waals surface area contributed by atoms with E-state index in [1.165, 1.54) is 0 Å². The van der Waals surface area contributed by atoms with E-state index in [2.05, 4.69) is 10.4 Å². The van der Waals surface area contributed by atoms with Gasteiger partial charge in [-0.15, -0.1) is 0 Å². The van der Waals surface area contributed by atoms with E-state index in [0.717, 1.165) is 10.9 Å². The summed E-state index contributed by atoms with van der Waals surface area (Å²) < 4.78 is 77.2. The molecule has 0 radical (unpaired) electrons. The van der Waals surface area contributed by atoms with Gasteiger partial charge in [-0.1, -0.05) is 23.2 Å². The first-order valence-corrected chi connectivity index (χ1v) is 8.15. The zero-order valence-electron chi connectivity index (χ0n) is 12.3. The average molecular weight is 424 g/mol. The lowest BCUT2D eigenvalue weighted by molar-refractivity contribution is -0.137. The minimum atomic E-state index is -4.67. The van der Waals surface area contributed by atoms with Crippen LogP contribution in [0.4, 0.5) is 32.2 Å². The molecule has 1 aromatic heterocycles. The summed E-state index contributed by atoms with van der Waals surface area (Å²) in [4.78, 5) is -0.263. The Labute approximate surface area is 152 Å². The number of anilines is 1. The summed E-state index contributed by atoms with van der Waals surface area (Å²) in [5.74, 6) is -0.0756. The van der Waals surface area contributed by atoms with E-state index >= 15 is 0 Å². The normalized spacial score (nSPS) is 12.5. The third-order valence-corrected chi connectivity index (χ3v) is 4.19. The van der Waals surface area contributed by atoms with Crippen LogP contribution in [0.15, 0.2) is 23.2 Å². The number of nitrogens with one attached hydrogen (secondary N) is 1. The van der Waals surface area contributed by atoms with Gasteiger partial charge in [-0.05, 0) is 30.8 Å². The van der Waals surface area contributed by atoms with E-state index in [1.54, 1.807) is 6.92 Å². The Morgan fingerprint density at radius 2 is 1.68 bits per heavy atom. The zero-order valence-corrected chi connectivity index (χ0v) is 14.6. The lowest BCUT2D eigenvalue weighted by Gasteiger charge is -2.15. The largest absolute Gasteiger partial charge is 0.446 e. The van der Waals surface area contributed by atoms with Gasteiger partial charge in [0.15, 0.2) is 0 Å². The summed E-state index contributed by atoms with van der Waals surface area (Å²) in [6.45, 7) is 1.88. The number of hydrogen-bond donors (Lipinski definition) is 1. The van der Waals surface area contributed by atoms with Crippen molar-refractivity contribution in [3.8, 4) is 5.69 Å². The van der Waals surface area contributed by atoms with Crippen LogP contribution < -0.4 is 5.32 Å². The van der Waals surface area contributed by atoms with Crippen LogP contribution in [0.5, 0.6) is 0 Å². The maximum atomic E-state index is 12.8. The molecule has 0 amide bonds. The van der Waals surface area contributed by atoms with Crippen molar-refractivity contribution < 1.29 is 26.3 Å². The van der Waals surface area contributed by atoms with Gasteiger partial charge in [-0.2, -0.15) is 31.4 Å². The molecule has 1 N–H and O–H groups in total. The predicted molar refractivity (Wildman–Crippen MR) is 84.7 cm³/mol. The standard InChI is InChI=1S/C13H9Cl2F6N3S/c1-2-22-11-9(25-13(19,20)21)5-23-24(11)10-7(14)3-6(4-8(10)15)12(16,17)18/h3-5,22H,2H2,1H3. The number of halogens is 8. The fourth-order valence-electron chi connectivity index (χ4n) is 1.96. The molecule has 0 aliphatic carbocycles. The van der Waals surface area contributed by atoms with E-state index in [4.69, 9.17) is 23.2 Å². The summed E-state index contributed by atoms with van der Waals surface area (Å²) >= 11 is 11.4. The van der Waals surface area contributed by atoms with Crippen molar-refractivity contribution in [1.29, 1.82) is 0 Å². The maximum Gasteiger partial charge on any atom is 0.446 e. The second-order valence-electron chi connectivity index (χ2n) is 4.63. The number of benzene rings is 1. The molecule has 0 saturated carbocycles. The number of hydrogen-bond acceptors (Lipinski definition) is 3. The average Bonchev–Trinajstić information content (AvgIpc) is 2.79. The highest BCUT2D eigenvalue weighted by molar-refractivity contribution is 8.00. The van der Waals surface area contributed by atoms with Crippen LogP contribution in [0.25, 0.3) is 5.69 Å². The SMILES string of the molecule is CCNc1c(SC(F)(F)F)cnn1-c1c(Cl)cc(C(F)(F)F)cc1Cl. The van der Waals surface area contributed by atoms with Gasteiger partial charge in [0.25, 0.3) is 0 Å². The minimum Gasteiger partial charge on any atom is -0.369 e. The van der Waals surface area contributed by atoms with Crippen LogP contribution in [0, 0.1) is 0 Å². The molecular formula is C13H9Cl2F6N3S. The van der Waals surface area contributed by atoms with E-state index in [-0.39, 0.29) is 22.9 Å². The molecule has 1 aromatic carbocycles. The van der Waals surface area contributed by atoms with E-state index in [9.17, 15) is 26.3 Å². The third kappa shape index (κ3) is 4.68. The Morgan fingerprint density at radius 3 is 2.12 bits per heavy atom. The van der Waals surface area contributed by atoms with Crippen molar-refractivity contribution in [2.75, 3.05) is 11.9 Å². The molecule has 0 fully saturated rings. The number of rotatable bonds is 4. The fraction of sp³-hybridized carbons (Fsp3) is 0.308.